The lowest BCUT2D eigenvalue weighted by molar-refractivity contribution is -0.147. The summed E-state index contributed by atoms with van der Waals surface area (Å²) in [6.45, 7) is 3.90. The predicted molar refractivity (Wildman–Crippen MR) is 79.3 cm³/mol. The Labute approximate surface area is 120 Å². The number of aliphatic hydroxyl groups is 1. The second-order valence-corrected chi connectivity index (χ2v) is 6.25. The van der Waals surface area contributed by atoms with Gasteiger partial charge in [0.05, 0.1) is 6.42 Å². The molecule has 1 aromatic rings. The van der Waals surface area contributed by atoms with Gasteiger partial charge in [0.15, 0.2) is 0 Å². The third kappa shape index (κ3) is 2.78. The molecule has 2 N–H and O–H groups in total. The van der Waals surface area contributed by atoms with Gasteiger partial charge in [-0.3, -0.25) is 4.79 Å². The lowest BCUT2D eigenvalue weighted by Gasteiger charge is -2.47. The number of carbonyl (C=O) groups is 1. The Bertz CT molecular complexity index is 516. The van der Waals surface area contributed by atoms with Gasteiger partial charge in [0.25, 0.3) is 0 Å². The summed E-state index contributed by atoms with van der Waals surface area (Å²) in [5, 5.41) is 20.2. The molecule has 3 heteroatoms. The molecule has 20 heavy (non-hydrogen) atoms. The highest BCUT2D eigenvalue weighted by Crippen LogP contribution is 2.49. The first-order valence-corrected chi connectivity index (χ1v) is 7.05. The Hall–Kier alpha value is -1.61. The summed E-state index contributed by atoms with van der Waals surface area (Å²) in [5.41, 5.74) is 0.142. The minimum Gasteiger partial charge on any atom is -0.481 e. The summed E-state index contributed by atoms with van der Waals surface area (Å²) in [6, 6.07) is 9.76. The molecule has 1 aliphatic carbocycles. The number of carboxylic acids is 1. The zero-order chi connectivity index (χ0) is 14.8. The van der Waals surface area contributed by atoms with Crippen molar-refractivity contribution >= 4 is 12.0 Å². The SMILES string of the molecule is CC1(C)CCC/C(=C/c2ccccc2)[C@@]1(O)CC(=O)O. The van der Waals surface area contributed by atoms with Crippen molar-refractivity contribution in [3.05, 3.63) is 41.5 Å². The van der Waals surface area contributed by atoms with E-state index in [0.29, 0.717) is 0 Å². The van der Waals surface area contributed by atoms with E-state index in [4.69, 9.17) is 5.11 Å². The van der Waals surface area contributed by atoms with Gasteiger partial charge in [0.1, 0.15) is 5.60 Å². The van der Waals surface area contributed by atoms with E-state index in [2.05, 4.69) is 0 Å². The molecule has 0 bridgehead atoms. The molecule has 1 atom stereocenters. The third-order valence-electron chi connectivity index (χ3n) is 4.45. The Morgan fingerprint density at radius 2 is 1.95 bits per heavy atom. The Balaban J connectivity index is 2.43. The van der Waals surface area contributed by atoms with Crippen LogP contribution in [0, 0.1) is 5.41 Å². The molecule has 0 aliphatic heterocycles. The van der Waals surface area contributed by atoms with Crippen molar-refractivity contribution in [2.24, 2.45) is 5.41 Å². The van der Waals surface area contributed by atoms with Gasteiger partial charge in [0, 0.05) is 0 Å². The highest BCUT2D eigenvalue weighted by molar-refractivity contribution is 5.71. The molecule has 0 unspecified atom stereocenters. The lowest BCUT2D eigenvalue weighted by Crippen LogP contribution is -2.50. The summed E-state index contributed by atoms with van der Waals surface area (Å²) in [6.07, 6.45) is 4.28. The van der Waals surface area contributed by atoms with Crippen LogP contribution in [0.3, 0.4) is 0 Å². The number of benzene rings is 1. The summed E-state index contributed by atoms with van der Waals surface area (Å²) in [5.74, 6) is -0.957. The summed E-state index contributed by atoms with van der Waals surface area (Å²) >= 11 is 0. The molecule has 1 aromatic carbocycles. The first kappa shape index (κ1) is 14.8. The van der Waals surface area contributed by atoms with Gasteiger partial charge in [0.2, 0.25) is 0 Å². The zero-order valence-corrected chi connectivity index (χ0v) is 12.1. The molecule has 0 spiro atoms. The van der Waals surface area contributed by atoms with E-state index in [1.165, 1.54) is 0 Å². The minimum absolute atomic E-state index is 0.237. The van der Waals surface area contributed by atoms with Crippen molar-refractivity contribution < 1.29 is 15.0 Å². The molecule has 1 fully saturated rings. The molecule has 1 saturated carbocycles. The number of aliphatic carboxylic acids is 1. The molecule has 0 saturated heterocycles. The third-order valence-corrected chi connectivity index (χ3v) is 4.45. The van der Waals surface area contributed by atoms with Gasteiger partial charge in [-0.1, -0.05) is 50.3 Å². The molecular formula is C17H22O3. The maximum atomic E-state index is 11.2. The average molecular weight is 274 g/mol. The van der Waals surface area contributed by atoms with E-state index >= 15 is 0 Å². The Morgan fingerprint density at radius 1 is 1.30 bits per heavy atom. The molecule has 0 heterocycles. The molecule has 2 rings (SSSR count). The average Bonchev–Trinajstić information content (AvgIpc) is 2.36. The Morgan fingerprint density at radius 3 is 2.55 bits per heavy atom. The van der Waals surface area contributed by atoms with Crippen LogP contribution >= 0.6 is 0 Å². The maximum absolute atomic E-state index is 11.2. The topological polar surface area (TPSA) is 57.5 Å². The van der Waals surface area contributed by atoms with Gasteiger partial charge >= 0.3 is 5.97 Å². The van der Waals surface area contributed by atoms with Crippen LogP contribution in [-0.2, 0) is 4.79 Å². The van der Waals surface area contributed by atoms with Crippen LogP contribution in [0.15, 0.2) is 35.9 Å². The highest BCUT2D eigenvalue weighted by Gasteiger charge is 2.49. The van der Waals surface area contributed by atoms with Gasteiger partial charge in [-0.15, -0.1) is 0 Å². The van der Waals surface area contributed by atoms with Crippen LogP contribution in [0.25, 0.3) is 6.08 Å². The quantitative estimate of drug-likeness (QED) is 0.887. The summed E-state index contributed by atoms with van der Waals surface area (Å²) in [4.78, 5) is 11.2. The molecular weight excluding hydrogens is 252 g/mol. The van der Waals surface area contributed by atoms with Crippen LogP contribution in [0.2, 0.25) is 0 Å². The van der Waals surface area contributed by atoms with Crippen molar-refractivity contribution in [3.8, 4) is 0 Å². The van der Waals surface area contributed by atoms with Gasteiger partial charge < -0.3 is 10.2 Å². The Kier molecular flexibility index (Phi) is 4.00. The zero-order valence-electron chi connectivity index (χ0n) is 12.1. The van der Waals surface area contributed by atoms with E-state index in [9.17, 15) is 9.90 Å². The molecule has 3 nitrogen and oxygen atoms in total. The standard InChI is InChI=1S/C17H22O3/c1-16(2)10-6-9-14(17(16,20)12-15(18)19)11-13-7-4-3-5-8-13/h3-5,7-8,11,20H,6,9-10,12H2,1-2H3,(H,18,19)/b14-11-/t17-/m0/s1. The van der Waals surface area contributed by atoms with Gasteiger partial charge in [-0.05, 0) is 35.8 Å². The molecule has 0 aromatic heterocycles. The van der Waals surface area contributed by atoms with Gasteiger partial charge in [-0.2, -0.15) is 0 Å². The van der Waals surface area contributed by atoms with Crippen LogP contribution in [0.4, 0.5) is 0 Å². The van der Waals surface area contributed by atoms with E-state index in [-0.39, 0.29) is 6.42 Å². The van der Waals surface area contributed by atoms with Crippen molar-refractivity contribution in [1.29, 1.82) is 0 Å². The van der Waals surface area contributed by atoms with E-state index in [0.717, 1.165) is 30.4 Å². The van der Waals surface area contributed by atoms with Crippen LogP contribution in [0.5, 0.6) is 0 Å². The monoisotopic (exact) mass is 274 g/mol. The van der Waals surface area contributed by atoms with E-state index in [1.807, 2.05) is 50.3 Å². The minimum atomic E-state index is -1.27. The van der Waals surface area contributed by atoms with Crippen LogP contribution < -0.4 is 0 Å². The molecule has 0 radical (unpaired) electrons. The first-order chi connectivity index (χ1) is 9.35. The normalized spacial score (nSPS) is 27.4. The van der Waals surface area contributed by atoms with Crippen molar-refractivity contribution in [1.82, 2.24) is 0 Å². The molecule has 0 amide bonds. The molecule has 1 aliphatic rings. The number of hydrogen-bond donors (Lipinski definition) is 2. The summed E-state index contributed by atoms with van der Waals surface area (Å²) in [7, 11) is 0. The number of hydrogen-bond acceptors (Lipinski definition) is 2. The number of rotatable bonds is 3. The summed E-state index contributed by atoms with van der Waals surface area (Å²) < 4.78 is 0. The fourth-order valence-corrected chi connectivity index (χ4v) is 3.08. The maximum Gasteiger partial charge on any atom is 0.306 e. The smallest absolute Gasteiger partial charge is 0.306 e. The fraction of sp³-hybridized carbons (Fsp3) is 0.471. The van der Waals surface area contributed by atoms with Crippen LogP contribution in [-0.4, -0.2) is 21.8 Å². The molecule has 108 valence electrons. The van der Waals surface area contributed by atoms with E-state index < -0.39 is 17.0 Å². The van der Waals surface area contributed by atoms with Gasteiger partial charge in [-0.25, -0.2) is 0 Å². The van der Waals surface area contributed by atoms with Crippen molar-refractivity contribution in [3.63, 3.8) is 0 Å². The second-order valence-electron chi connectivity index (χ2n) is 6.25. The number of carboxylic acid groups (broad SMARTS) is 1. The van der Waals surface area contributed by atoms with Crippen LogP contribution in [0.1, 0.15) is 45.1 Å². The van der Waals surface area contributed by atoms with Crippen molar-refractivity contribution in [2.75, 3.05) is 0 Å². The fourth-order valence-electron chi connectivity index (χ4n) is 3.08. The largest absolute Gasteiger partial charge is 0.481 e. The second kappa shape index (κ2) is 5.41. The van der Waals surface area contributed by atoms with Crippen molar-refractivity contribution in [2.45, 2.75) is 45.1 Å². The first-order valence-electron chi connectivity index (χ1n) is 7.05. The lowest BCUT2D eigenvalue weighted by atomic mass is 9.61. The highest BCUT2D eigenvalue weighted by atomic mass is 16.4. The van der Waals surface area contributed by atoms with E-state index in [1.54, 1.807) is 0 Å². The predicted octanol–water partition coefficient (Wildman–Crippen LogP) is 3.49.